The van der Waals surface area contributed by atoms with Gasteiger partial charge in [0, 0.05) is 57.0 Å². The molecule has 6 aliphatic rings. The van der Waals surface area contributed by atoms with Crippen LogP contribution in [0.5, 0.6) is 0 Å². The van der Waals surface area contributed by atoms with Crippen LogP contribution in [0.4, 0.5) is 0 Å². The molecule has 2 saturated carbocycles. The summed E-state index contributed by atoms with van der Waals surface area (Å²) in [5, 5.41) is 0. The Labute approximate surface area is 613 Å². The molecule has 8 unspecified atom stereocenters. The van der Waals surface area contributed by atoms with Crippen molar-refractivity contribution in [1.82, 2.24) is 19.6 Å². The van der Waals surface area contributed by atoms with Crippen LogP contribution in [-0.2, 0) is 32.3 Å². The Morgan fingerprint density at radius 2 is 0.480 bits per heavy atom. The van der Waals surface area contributed by atoms with Crippen LogP contribution >= 0.6 is 0 Å². The van der Waals surface area contributed by atoms with Crippen molar-refractivity contribution in [1.29, 1.82) is 0 Å². The van der Waals surface area contributed by atoms with Crippen molar-refractivity contribution in [2.45, 2.75) is 400 Å². The minimum Gasteiger partial charge on any atom is -0.295 e. The Hall–Kier alpha value is -3.92. The van der Waals surface area contributed by atoms with E-state index in [0.717, 1.165) is 106 Å². The van der Waals surface area contributed by atoms with Crippen LogP contribution in [0.25, 0.3) is 0 Å². The minimum absolute atomic E-state index is 0.0776. The standard InChI is InChI=1S/C90H150N4O6/c1-5-9-13-17-29-41-53-79-73(49-37-15-11-7-3)57-59-75(81(79)55-43-31-21-25-35-47-67-93-87(97)63-64-88(93)98)51-39-27-19-23-33-45-65-91-71-77-69-83-84(70-78(77)72-91)90(100)94(89(83)99)68-48-36-26-22-32-44-56-82-76(52-40-28-20-24-34-46-66-92-85(95)61-62-86(92)96)60-58-74(50-38-16-12-8-4)80(82)54-42-30-18-14-10-6-2/h61-64,69-70,73-76,79-82H,5-60,65-68,71-72H2,1-4H3. The van der Waals surface area contributed by atoms with Gasteiger partial charge in [-0.05, 0) is 154 Å². The monoisotopic (exact) mass is 1380 g/mol. The molecule has 2 fully saturated rings. The first-order valence-electron chi connectivity index (χ1n) is 43.9. The van der Waals surface area contributed by atoms with E-state index < -0.39 is 0 Å². The van der Waals surface area contributed by atoms with Crippen molar-refractivity contribution < 1.29 is 28.8 Å². The number of carbonyl (C=O) groups is 6. The second-order valence-corrected chi connectivity index (χ2v) is 33.3. The van der Waals surface area contributed by atoms with Gasteiger partial charge in [-0.25, -0.2) is 0 Å². The van der Waals surface area contributed by atoms with Gasteiger partial charge in [-0.1, -0.05) is 310 Å². The van der Waals surface area contributed by atoms with Gasteiger partial charge in [0.25, 0.3) is 35.4 Å². The number of nitrogens with zero attached hydrogens (tertiary/aromatic N) is 4. The normalized spacial score (nSPS) is 22.3. The molecule has 8 atom stereocenters. The van der Waals surface area contributed by atoms with E-state index in [4.69, 9.17) is 0 Å². The molecule has 0 spiro atoms. The lowest BCUT2D eigenvalue weighted by molar-refractivity contribution is -0.138. The van der Waals surface area contributed by atoms with Gasteiger partial charge in [-0.15, -0.1) is 0 Å². The first-order valence-corrected chi connectivity index (χ1v) is 43.9. The maximum absolute atomic E-state index is 13.9. The molecule has 10 nitrogen and oxygen atoms in total. The maximum atomic E-state index is 13.9. The van der Waals surface area contributed by atoms with E-state index in [1.165, 1.54) is 366 Å². The predicted octanol–water partition coefficient (Wildman–Crippen LogP) is 24.3. The van der Waals surface area contributed by atoms with Crippen molar-refractivity contribution >= 4 is 35.4 Å². The third-order valence-corrected chi connectivity index (χ3v) is 25.7. The molecule has 2 aliphatic carbocycles. The first-order chi connectivity index (χ1) is 49.1. The third-order valence-electron chi connectivity index (χ3n) is 25.7. The number of amides is 6. The number of fused-ring (bicyclic) bond motifs is 2. The number of rotatable bonds is 60. The van der Waals surface area contributed by atoms with Gasteiger partial charge in [-0.3, -0.25) is 48.4 Å². The van der Waals surface area contributed by atoms with E-state index in [1.807, 2.05) is 0 Å². The molecule has 4 aliphatic heterocycles. The van der Waals surface area contributed by atoms with Gasteiger partial charge < -0.3 is 0 Å². The van der Waals surface area contributed by atoms with E-state index in [9.17, 15) is 28.8 Å². The van der Waals surface area contributed by atoms with Crippen LogP contribution < -0.4 is 0 Å². The van der Waals surface area contributed by atoms with Crippen molar-refractivity contribution in [3.63, 3.8) is 0 Å². The predicted molar refractivity (Wildman–Crippen MR) is 417 cm³/mol. The highest BCUT2D eigenvalue weighted by Crippen LogP contribution is 2.50. The van der Waals surface area contributed by atoms with Crippen molar-refractivity contribution in [3.8, 4) is 0 Å². The largest absolute Gasteiger partial charge is 0.295 e. The summed E-state index contributed by atoms with van der Waals surface area (Å²) in [6, 6.07) is 4.16. The number of hydrogen-bond acceptors (Lipinski definition) is 7. The van der Waals surface area contributed by atoms with E-state index in [0.29, 0.717) is 30.8 Å². The lowest BCUT2D eigenvalue weighted by atomic mass is 9.61. The molecular weight excluding hydrogens is 1230 g/mol. The van der Waals surface area contributed by atoms with Gasteiger partial charge in [0.2, 0.25) is 0 Å². The Balaban J connectivity index is 0.787. The number of hydrogen-bond donors (Lipinski definition) is 0. The van der Waals surface area contributed by atoms with Gasteiger partial charge in [-0.2, -0.15) is 0 Å². The zero-order valence-electron chi connectivity index (χ0n) is 65.2. The Kier molecular flexibility index (Phi) is 41.5. The fourth-order valence-electron chi connectivity index (χ4n) is 19.8. The second-order valence-electron chi connectivity index (χ2n) is 33.3. The SMILES string of the molecule is CCCCCCCCC1C(CCCCCC)CCC(CCCCCCCCN2Cc3cc4c(cc3C2)C(=O)N(CCCCCCCCC2C(CCCCCCCCN3C(=O)C=CC3=O)CCC(CCCCCC)C2CCCCCCCC)C4=O)C1CCCCCCCCN1C(=O)C=CC1=O. The van der Waals surface area contributed by atoms with Crippen molar-refractivity contribution in [3.05, 3.63) is 58.7 Å². The second kappa shape index (κ2) is 49.7. The van der Waals surface area contributed by atoms with Crippen LogP contribution in [0.3, 0.4) is 0 Å². The quantitative estimate of drug-likeness (QED) is 0.0471. The third kappa shape index (κ3) is 28.9. The topological polar surface area (TPSA) is 115 Å². The molecular formula is C90H150N4O6. The van der Waals surface area contributed by atoms with Gasteiger partial charge in [0.1, 0.15) is 0 Å². The molecule has 1 aromatic carbocycles. The van der Waals surface area contributed by atoms with Gasteiger partial charge in [0.15, 0.2) is 0 Å². The molecule has 1 aromatic rings. The van der Waals surface area contributed by atoms with E-state index >= 15 is 0 Å². The summed E-state index contributed by atoms with van der Waals surface area (Å²) >= 11 is 0. The first kappa shape index (κ1) is 83.4. The number of carbonyl (C=O) groups excluding carboxylic acids is 6. The number of unbranched alkanes of at least 4 members (excludes halogenated alkanes) is 36. The summed E-state index contributed by atoms with van der Waals surface area (Å²) in [7, 11) is 0. The molecule has 566 valence electrons. The summed E-state index contributed by atoms with van der Waals surface area (Å²) in [5.74, 6) is 6.36. The van der Waals surface area contributed by atoms with Crippen LogP contribution in [0.2, 0.25) is 0 Å². The van der Waals surface area contributed by atoms with Crippen LogP contribution in [0.1, 0.15) is 419 Å². The number of benzene rings is 1. The summed E-state index contributed by atoms with van der Waals surface area (Å²) in [6.45, 7) is 13.8. The Morgan fingerprint density at radius 1 is 0.260 bits per heavy atom. The molecule has 10 heteroatoms. The molecule has 0 bridgehead atoms. The zero-order chi connectivity index (χ0) is 70.8. The Morgan fingerprint density at radius 3 is 0.760 bits per heavy atom. The molecule has 0 radical (unpaired) electrons. The van der Waals surface area contributed by atoms with Crippen molar-refractivity contribution in [2.24, 2.45) is 47.3 Å². The van der Waals surface area contributed by atoms with Crippen LogP contribution in [0.15, 0.2) is 36.4 Å². The summed E-state index contributed by atoms with van der Waals surface area (Å²) in [4.78, 5) is 82.7. The minimum atomic E-state index is -0.155. The summed E-state index contributed by atoms with van der Waals surface area (Å²) < 4.78 is 0. The highest BCUT2D eigenvalue weighted by molar-refractivity contribution is 6.21. The molecule has 0 aromatic heterocycles. The smallest absolute Gasteiger partial charge is 0.261 e. The van der Waals surface area contributed by atoms with Gasteiger partial charge >= 0.3 is 0 Å². The Bertz CT molecular complexity index is 2470. The average molecular weight is 1380 g/mol. The highest BCUT2D eigenvalue weighted by Gasteiger charge is 2.41. The molecule has 6 amide bonds. The molecule has 0 N–H and O–H groups in total. The van der Waals surface area contributed by atoms with E-state index in [1.54, 1.807) is 4.90 Å². The highest BCUT2D eigenvalue weighted by atomic mass is 16.2. The van der Waals surface area contributed by atoms with E-state index in [-0.39, 0.29) is 35.4 Å². The van der Waals surface area contributed by atoms with Crippen LogP contribution in [0, 0.1) is 47.3 Å². The zero-order valence-corrected chi connectivity index (χ0v) is 65.2. The number of imide groups is 3. The summed E-state index contributed by atoms with van der Waals surface area (Å²) in [6.07, 6.45) is 79.5. The fourth-order valence-corrected chi connectivity index (χ4v) is 19.8. The average Bonchev–Trinajstić information content (AvgIpc) is 1.41. The fraction of sp³-hybridized carbons (Fsp3) is 0.822. The molecule has 4 heterocycles. The lowest BCUT2D eigenvalue weighted by Gasteiger charge is -2.44. The lowest BCUT2D eigenvalue weighted by Crippen LogP contribution is -2.35. The van der Waals surface area contributed by atoms with Gasteiger partial charge in [0.05, 0.1) is 11.1 Å². The van der Waals surface area contributed by atoms with Crippen LogP contribution in [-0.4, -0.2) is 81.2 Å². The molecule has 100 heavy (non-hydrogen) atoms. The summed E-state index contributed by atoms with van der Waals surface area (Å²) in [5.41, 5.74) is 3.75. The maximum Gasteiger partial charge on any atom is 0.261 e. The molecule has 7 rings (SSSR count). The van der Waals surface area contributed by atoms with E-state index in [2.05, 4.69) is 44.7 Å². The van der Waals surface area contributed by atoms with Crippen molar-refractivity contribution in [2.75, 3.05) is 26.2 Å². The molecule has 0 saturated heterocycles.